The molecule has 0 N–H and O–H groups in total. The molecule has 0 bridgehead atoms. The molecule has 0 aliphatic carbocycles. The molecule has 3 heteroatoms. The van der Waals surface area contributed by atoms with Gasteiger partial charge in [0, 0.05) is 0 Å². The Hall–Kier alpha value is -0.720. The molecule has 1 aromatic rings. The standard InChI is InChI=1S/C6H8B2O/c1-5(8-7)6-2-3-9-4-6/h2-4H,7H2,1H3. The van der Waals surface area contributed by atoms with Crippen LogP contribution in [0, 0.1) is 0 Å². The fourth-order valence-electron chi connectivity index (χ4n) is 0.656. The summed E-state index contributed by atoms with van der Waals surface area (Å²) in [6.45, 7) is 4.12. The van der Waals surface area contributed by atoms with Crippen LogP contribution in [0.15, 0.2) is 23.0 Å². The van der Waals surface area contributed by atoms with Gasteiger partial charge in [-0.15, -0.1) is 0 Å². The summed E-state index contributed by atoms with van der Waals surface area (Å²) >= 11 is 0. The molecule has 0 fully saturated rings. The zero-order chi connectivity index (χ0) is 6.69. The van der Waals surface area contributed by atoms with Crippen LogP contribution in [0.1, 0.15) is 12.5 Å². The van der Waals surface area contributed by atoms with Gasteiger partial charge >= 0.3 is 55.5 Å². The quantitative estimate of drug-likeness (QED) is 0.475. The van der Waals surface area contributed by atoms with Crippen LogP contribution in [0.5, 0.6) is 0 Å². The molecule has 44 valence electrons. The Labute approximate surface area is 56.4 Å². The molecule has 9 heavy (non-hydrogen) atoms. The number of rotatable bonds is 1. The Bertz CT molecular complexity index is 201. The van der Waals surface area contributed by atoms with Gasteiger partial charge in [0.15, 0.2) is 0 Å². The van der Waals surface area contributed by atoms with E-state index in [1.165, 1.54) is 5.46 Å². The number of hydrogen-bond acceptors (Lipinski definition) is 1. The molecule has 0 radical (unpaired) electrons. The maximum atomic E-state index is 4.90. The van der Waals surface area contributed by atoms with Crippen molar-refractivity contribution >= 4 is 20.0 Å². The molecule has 0 aromatic carbocycles. The third-order valence-electron chi connectivity index (χ3n) is 1.41. The summed E-state index contributed by atoms with van der Waals surface area (Å²) in [5.41, 5.74) is 2.42. The van der Waals surface area contributed by atoms with Gasteiger partial charge < -0.3 is 0 Å². The molecule has 1 nitrogen and oxygen atoms in total. The van der Waals surface area contributed by atoms with Gasteiger partial charge in [0.05, 0.1) is 0 Å². The minimum absolute atomic E-state index is 1.16. The van der Waals surface area contributed by atoms with Gasteiger partial charge in [-0.3, -0.25) is 0 Å². The minimum atomic E-state index is 1.16. The summed E-state index contributed by atoms with van der Waals surface area (Å²) in [5, 5.41) is 0. The Kier molecular flexibility index (Phi) is 1.93. The molecule has 1 aromatic heterocycles. The van der Waals surface area contributed by atoms with Crippen molar-refractivity contribution in [2.75, 3.05) is 0 Å². The average molecular weight is 118 g/mol. The van der Waals surface area contributed by atoms with E-state index in [4.69, 9.17) is 4.42 Å². The second kappa shape index (κ2) is 2.72. The van der Waals surface area contributed by atoms with Crippen molar-refractivity contribution in [2.24, 2.45) is 0 Å². The third kappa shape index (κ3) is 1.35. The van der Waals surface area contributed by atoms with Crippen molar-refractivity contribution in [1.82, 2.24) is 0 Å². The summed E-state index contributed by atoms with van der Waals surface area (Å²) in [6.07, 6.45) is 3.43. The van der Waals surface area contributed by atoms with Gasteiger partial charge in [-0.1, -0.05) is 0 Å². The zero-order valence-corrected chi connectivity index (χ0v) is 5.72. The van der Waals surface area contributed by atoms with Crippen molar-refractivity contribution < 1.29 is 4.42 Å². The zero-order valence-electron chi connectivity index (χ0n) is 5.72. The summed E-state index contributed by atoms with van der Waals surface area (Å²) < 4.78 is 4.90. The van der Waals surface area contributed by atoms with Crippen LogP contribution in [0.4, 0.5) is 0 Å². The second-order valence-corrected chi connectivity index (χ2v) is 1.98. The topological polar surface area (TPSA) is 13.1 Å². The predicted octanol–water partition coefficient (Wildman–Crippen LogP) is 0.0723. The molecular weight excluding hydrogens is 110 g/mol. The molecule has 0 amide bonds. The van der Waals surface area contributed by atoms with E-state index in [0.29, 0.717) is 0 Å². The third-order valence-corrected chi connectivity index (χ3v) is 1.41. The normalized spacial score (nSPS) is 11.0. The first-order chi connectivity index (χ1) is 4.34. The number of furan rings is 1. The van der Waals surface area contributed by atoms with Crippen LogP contribution in [0.2, 0.25) is 0 Å². The van der Waals surface area contributed by atoms with Crippen LogP contribution < -0.4 is 0 Å². The van der Waals surface area contributed by atoms with Crippen molar-refractivity contribution in [1.29, 1.82) is 0 Å². The van der Waals surface area contributed by atoms with Gasteiger partial charge in [0.1, 0.15) is 0 Å². The molecular formula is C6H8B2O. The molecule has 0 saturated carbocycles. The first-order valence-electron chi connectivity index (χ1n) is 3.00. The van der Waals surface area contributed by atoms with Crippen LogP contribution in [-0.2, 0) is 0 Å². The van der Waals surface area contributed by atoms with E-state index in [-0.39, 0.29) is 0 Å². The van der Waals surface area contributed by atoms with E-state index in [0.717, 1.165) is 5.56 Å². The molecule has 1 rings (SSSR count). The van der Waals surface area contributed by atoms with Crippen LogP contribution in [0.25, 0.3) is 0 Å². The molecule has 0 aliphatic heterocycles. The van der Waals surface area contributed by atoms with Crippen LogP contribution in [0.3, 0.4) is 0 Å². The van der Waals surface area contributed by atoms with Crippen molar-refractivity contribution in [3.8, 4) is 0 Å². The fourth-order valence-corrected chi connectivity index (χ4v) is 0.656. The van der Waals surface area contributed by atoms with E-state index in [9.17, 15) is 0 Å². The van der Waals surface area contributed by atoms with Crippen molar-refractivity contribution in [3.63, 3.8) is 0 Å². The first-order valence-corrected chi connectivity index (χ1v) is 3.00. The van der Waals surface area contributed by atoms with E-state index in [2.05, 4.69) is 13.7 Å². The molecule has 1 heterocycles. The number of hydrogen-bond donors (Lipinski definition) is 0. The summed E-state index contributed by atoms with van der Waals surface area (Å²) in [4.78, 5) is 0. The fraction of sp³-hybridized carbons (Fsp3) is 0.167. The van der Waals surface area contributed by atoms with Crippen molar-refractivity contribution in [2.45, 2.75) is 6.92 Å². The van der Waals surface area contributed by atoms with E-state index < -0.39 is 0 Å². The summed E-state index contributed by atoms with van der Waals surface area (Å²) in [7, 11) is 2.02. The van der Waals surface area contributed by atoms with E-state index in [1.54, 1.807) is 12.5 Å². The Balaban J connectivity index is 2.90. The summed E-state index contributed by atoms with van der Waals surface area (Å²) in [6, 6.07) is 1.95. The van der Waals surface area contributed by atoms with Gasteiger partial charge in [-0.2, -0.15) is 0 Å². The molecule has 0 aliphatic rings. The molecule has 0 atom stereocenters. The molecule has 0 spiro atoms. The predicted molar refractivity (Wildman–Crippen MR) is 42.8 cm³/mol. The molecule has 0 saturated heterocycles. The first kappa shape index (κ1) is 6.40. The van der Waals surface area contributed by atoms with Gasteiger partial charge in [0.2, 0.25) is 0 Å². The van der Waals surface area contributed by atoms with E-state index in [1.807, 2.05) is 13.8 Å². The monoisotopic (exact) mass is 118 g/mol. The Morgan fingerprint density at radius 1 is 1.78 bits per heavy atom. The SMILES string of the molecule is BB=C(C)c1ccoc1. The molecule has 0 unspecified atom stereocenters. The maximum absolute atomic E-state index is 4.90. The Morgan fingerprint density at radius 3 is 3.00 bits per heavy atom. The van der Waals surface area contributed by atoms with E-state index >= 15 is 0 Å². The van der Waals surface area contributed by atoms with Gasteiger partial charge in [-0.25, -0.2) is 0 Å². The van der Waals surface area contributed by atoms with Gasteiger partial charge in [0.25, 0.3) is 0 Å². The van der Waals surface area contributed by atoms with Crippen molar-refractivity contribution in [3.05, 3.63) is 24.2 Å². The average Bonchev–Trinajstić information content (AvgIpc) is 2.37. The van der Waals surface area contributed by atoms with Crippen LogP contribution >= 0.6 is 0 Å². The Morgan fingerprint density at radius 2 is 2.56 bits per heavy atom. The summed E-state index contributed by atoms with van der Waals surface area (Å²) in [5.74, 6) is 0. The van der Waals surface area contributed by atoms with Crippen LogP contribution in [-0.4, -0.2) is 20.0 Å². The second-order valence-electron chi connectivity index (χ2n) is 1.98. The van der Waals surface area contributed by atoms with Gasteiger partial charge in [-0.05, 0) is 0 Å².